The first kappa shape index (κ1) is 17.8. The second kappa shape index (κ2) is 7.81. The Bertz CT molecular complexity index is 702. The maximum absolute atomic E-state index is 13.1. The molecule has 0 unspecified atom stereocenters. The van der Waals surface area contributed by atoms with Crippen LogP contribution in [0.3, 0.4) is 0 Å². The average molecular weight is 353 g/mol. The summed E-state index contributed by atoms with van der Waals surface area (Å²) in [4.78, 5) is 0.345. The van der Waals surface area contributed by atoms with Crippen LogP contribution in [0.25, 0.3) is 0 Å². The molecule has 1 saturated heterocycles. The summed E-state index contributed by atoms with van der Waals surface area (Å²) in [6, 6.07) is 18.1. The Kier molecular flexibility index (Phi) is 6.04. The van der Waals surface area contributed by atoms with Gasteiger partial charge >= 0.3 is 0 Å². The fourth-order valence-electron chi connectivity index (χ4n) is 2.87. The van der Waals surface area contributed by atoms with Crippen molar-refractivity contribution in [1.29, 1.82) is 0 Å². The van der Waals surface area contributed by atoms with Crippen LogP contribution in [0.5, 0.6) is 0 Å². The van der Waals surface area contributed by atoms with Gasteiger partial charge in [0.25, 0.3) is 10.0 Å². The molecule has 0 atom stereocenters. The van der Waals surface area contributed by atoms with E-state index in [0.29, 0.717) is 4.90 Å². The van der Waals surface area contributed by atoms with E-state index in [9.17, 15) is 8.42 Å². The van der Waals surface area contributed by atoms with Gasteiger partial charge < -0.3 is 5.32 Å². The first-order chi connectivity index (χ1) is 10.7. The van der Waals surface area contributed by atoms with Crippen LogP contribution >= 0.6 is 12.4 Å². The molecule has 2 aromatic rings. The van der Waals surface area contributed by atoms with Gasteiger partial charge in [0.15, 0.2) is 0 Å². The Labute approximate surface area is 144 Å². The molecule has 1 heterocycles. The topological polar surface area (TPSA) is 49.4 Å². The summed E-state index contributed by atoms with van der Waals surface area (Å²) in [5, 5.41) is 3.29. The molecule has 0 radical (unpaired) electrons. The zero-order valence-corrected chi connectivity index (χ0v) is 14.4. The second-order valence-electron chi connectivity index (χ2n) is 5.43. The van der Waals surface area contributed by atoms with Crippen LogP contribution < -0.4 is 9.62 Å². The van der Waals surface area contributed by atoms with Crippen molar-refractivity contribution in [2.75, 3.05) is 17.4 Å². The molecule has 3 rings (SSSR count). The van der Waals surface area contributed by atoms with Crippen molar-refractivity contribution in [3.8, 4) is 0 Å². The number of anilines is 1. The van der Waals surface area contributed by atoms with Crippen molar-refractivity contribution in [2.24, 2.45) is 0 Å². The van der Waals surface area contributed by atoms with Gasteiger partial charge in [0.1, 0.15) is 0 Å². The highest BCUT2D eigenvalue weighted by Gasteiger charge is 2.32. The second-order valence-corrected chi connectivity index (χ2v) is 7.25. The molecule has 1 N–H and O–H groups in total. The van der Waals surface area contributed by atoms with Crippen LogP contribution in [0.4, 0.5) is 5.69 Å². The summed E-state index contributed by atoms with van der Waals surface area (Å²) >= 11 is 0. The number of sulfonamides is 1. The lowest BCUT2D eigenvalue weighted by Gasteiger charge is -2.35. The highest BCUT2D eigenvalue weighted by Crippen LogP contribution is 2.29. The number of halogens is 1. The lowest BCUT2D eigenvalue weighted by molar-refractivity contribution is 0.453. The molecule has 4 nitrogen and oxygen atoms in total. The third-order valence-electron chi connectivity index (χ3n) is 3.95. The van der Waals surface area contributed by atoms with E-state index in [4.69, 9.17) is 0 Å². The third-order valence-corrected chi connectivity index (χ3v) is 5.85. The van der Waals surface area contributed by atoms with Gasteiger partial charge in [-0.25, -0.2) is 8.42 Å². The molecule has 2 aromatic carbocycles. The quantitative estimate of drug-likeness (QED) is 0.920. The molecule has 0 aromatic heterocycles. The van der Waals surface area contributed by atoms with Gasteiger partial charge in [0, 0.05) is 6.04 Å². The van der Waals surface area contributed by atoms with Gasteiger partial charge in [-0.2, -0.15) is 0 Å². The first-order valence-electron chi connectivity index (χ1n) is 7.55. The number of nitrogens with zero attached hydrogens (tertiary/aromatic N) is 1. The molecule has 0 bridgehead atoms. The van der Waals surface area contributed by atoms with Crippen molar-refractivity contribution < 1.29 is 8.42 Å². The summed E-state index contributed by atoms with van der Waals surface area (Å²) < 4.78 is 27.9. The Morgan fingerprint density at radius 1 is 0.870 bits per heavy atom. The first-order valence-corrected chi connectivity index (χ1v) is 8.99. The summed E-state index contributed by atoms with van der Waals surface area (Å²) in [5.41, 5.74) is 0.734. The van der Waals surface area contributed by atoms with Crippen LogP contribution in [0, 0.1) is 0 Å². The van der Waals surface area contributed by atoms with Gasteiger partial charge in [0.05, 0.1) is 10.6 Å². The molecule has 23 heavy (non-hydrogen) atoms. The molecule has 1 fully saturated rings. The fourth-order valence-corrected chi connectivity index (χ4v) is 4.60. The maximum Gasteiger partial charge on any atom is 0.264 e. The van der Waals surface area contributed by atoms with Crippen molar-refractivity contribution in [3.05, 3.63) is 60.7 Å². The summed E-state index contributed by atoms with van der Waals surface area (Å²) in [6.07, 6.45) is 1.64. The summed E-state index contributed by atoms with van der Waals surface area (Å²) in [5.74, 6) is 0. The third kappa shape index (κ3) is 3.86. The minimum Gasteiger partial charge on any atom is -0.317 e. The van der Waals surface area contributed by atoms with Crippen molar-refractivity contribution in [3.63, 3.8) is 0 Å². The van der Waals surface area contributed by atoms with Gasteiger partial charge in [-0.1, -0.05) is 36.4 Å². The molecule has 124 valence electrons. The van der Waals surface area contributed by atoms with Gasteiger partial charge in [-0.05, 0) is 50.2 Å². The normalized spacial score (nSPS) is 15.7. The van der Waals surface area contributed by atoms with Crippen molar-refractivity contribution in [1.82, 2.24) is 5.32 Å². The van der Waals surface area contributed by atoms with Crippen LogP contribution in [0.2, 0.25) is 0 Å². The van der Waals surface area contributed by atoms with E-state index >= 15 is 0 Å². The number of para-hydroxylation sites is 1. The molecule has 6 heteroatoms. The Morgan fingerprint density at radius 3 is 1.96 bits per heavy atom. The zero-order valence-electron chi connectivity index (χ0n) is 12.8. The van der Waals surface area contributed by atoms with E-state index in [-0.39, 0.29) is 18.4 Å². The Morgan fingerprint density at radius 2 is 1.39 bits per heavy atom. The van der Waals surface area contributed by atoms with E-state index in [0.717, 1.165) is 31.6 Å². The molecular weight excluding hydrogens is 332 g/mol. The van der Waals surface area contributed by atoms with E-state index in [1.165, 1.54) is 0 Å². The van der Waals surface area contributed by atoms with Crippen LogP contribution in [-0.2, 0) is 10.0 Å². The van der Waals surface area contributed by atoms with Gasteiger partial charge in [-0.3, -0.25) is 4.31 Å². The van der Waals surface area contributed by atoms with Crippen LogP contribution in [0.15, 0.2) is 65.6 Å². The molecule has 0 aliphatic carbocycles. The number of rotatable bonds is 4. The van der Waals surface area contributed by atoms with Crippen molar-refractivity contribution in [2.45, 2.75) is 23.8 Å². The van der Waals surface area contributed by atoms with E-state index in [2.05, 4.69) is 5.32 Å². The predicted molar refractivity (Wildman–Crippen MR) is 95.7 cm³/mol. The van der Waals surface area contributed by atoms with Crippen molar-refractivity contribution >= 4 is 28.1 Å². The highest BCUT2D eigenvalue weighted by molar-refractivity contribution is 7.92. The summed E-state index contributed by atoms with van der Waals surface area (Å²) in [7, 11) is -3.55. The zero-order chi connectivity index (χ0) is 15.4. The van der Waals surface area contributed by atoms with Gasteiger partial charge in [-0.15, -0.1) is 12.4 Å². The Hall–Kier alpha value is -1.56. The van der Waals surface area contributed by atoms with E-state index in [1.54, 1.807) is 28.6 Å². The fraction of sp³-hybridized carbons (Fsp3) is 0.294. The molecule has 0 amide bonds. The smallest absolute Gasteiger partial charge is 0.264 e. The standard InChI is InChI=1S/C17H20N2O2S.ClH/c20-22(21,17-9-5-2-6-10-17)19(15-7-3-1-4-8-15)16-11-13-18-14-12-16;/h1-10,16,18H,11-14H2;1H. The Balaban J connectivity index is 0.00000192. The number of hydrogen-bond acceptors (Lipinski definition) is 3. The minimum absolute atomic E-state index is 0. The predicted octanol–water partition coefficient (Wildman–Crippen LogP) is 3.06. The van der Waals surface area contributed by atoms with E-state index < -0.39 is 10.0 Å². The van der Waals surface area contributed by atoms with E-state index in [1.807, 2.05) is 36.4 Å². The van der Waals surface area contributed by atoms with Crippen LogP contribution in [-0.4, -0.2) is 27.5 Å². The highest BCUT2D eigenvalue weighted by atomic mass is 35.5. The number of piperidine rings is 1. The average Bonchev–Trinajstić information content (AvgIpc) is 2.58. The lowest BCUT2D eigenvalue weighted by atomic mass is 10.1. The minimum atomic E-state index is -3.55. The lowest BCUT2D eigenvalue weighted by Crippen LogP contribution is -2.46. The number of nitrogens with one attached hydrogen (secondary N) is 1. The maximum atomic E-state index is 13.1. The number of benzene rings is 2. The SMILES string of the molecule is Cl.O=S(=O)(c1ccccc1)N(c1ccccc1)C1CCNCC1. The molecule has 1 aliphatic heterocycles. The molecule has 0 saturated carbocycles. The molecule has 0 spiro atoms. The number of hydrogen-bond donors (Lipinski definition) is 1. The monoisotopic (exact) mass is 352 g/mol. The molecule has 1 aliphatic rings. The largest absolute Gasteiger partial charge is 0.317 e. The van der Waals surface area contributed by atoms with Crippen LogP contribution in [0.1, 0.15) is 12.8 Å². The molecular formula is C17H21ClN2O2S. The van der Waals surface area contributed by atoms with Gasteiger partial charge in [0.2, 0.25) is 0 Å². The summed E-state index contributed by atoms with van der Waals surface area (Å²) in [6.45, 7) is 1.69.